The van der Waals surface area contributed by atoms with Crippen LogP contribution < -0.4 is 5.32 Å². The second-order valence-corrected chi connectivity index (χ2v) is 7.40. The van der Waals surface area contributed by atoms with E-state index in [4.69, 9.17) is 10.1 Å². The predicted molar refractivity (Wildman–Crippen MR) is 106 cm³/mol. The molecule has 7 heteroatoms. The molecular weight excluding hydrogens is 357 g/mol. The fourth-order valence-electron chi connectivity index (χ4n) is 4.21. The van der Waals surface area contributed by atoms with Crippen molar-refractivity contribution < 1.29 is 9.50 Å². The lowest BCUT2D eigenvalue weighted by atomic mass is 9.96. The molecule has 1 aromatic carbocycles. The number of β-amino-alcohol motifs (C(OH)–C–C–N with tert-alkyl or cyclic N) is 1. The van der Waals surface area contributed by atoms with E-state index < -0.39 is 0 Å². The largest absolute Gasteiger partial charge is 0.395 e. The Labute approximate surface area is 162 Å². The molecule has 5 rings (SSSR count). The van der Waals surface area contributed by atoms with E-state index in [0.29, 0.717) is 17.4 Å². The average Bonchev–Trinajstić information content (AvgIpc) is 3.09. The van der Waals surface area contributed by atoms with Gasteiger partial charge >= 0.3 is 0 Å². The number of halogens is 1. The van der Waals surface area contributed by atoms with E-state index in [0.717, 1.165) is 60.8 Å². The first kappa shape index (κ1) is 17.3. The molecule has 2 aliphatic rings. The SMILES string of the molecule is OCCN1CCC(c2nc3c([nH]2)-c2ccc(F)cc2Nc2ncccc2-3)CC1. The predicted octanol–water partition coefficient (Wildman–Crippen LogP) is 3.51. The van der Waals surface area contributed by atoms with Gasteiger partial charge in [0, 0.05) is 29.8 Å². The first-order chi connectivity index (χ1) is 13.7. The van der Waals surface area contributed by atoms with Crippen molar-refractivity contribution in [3.63, 3.8) is 0 Å². The molecule has 3 N–H and O–H groups in total. The Kier molecular flexibility index (Phi) is 4.33. The molecule has 0 saturated carbocycles. The Hall–Kier alpha value is -2.77. The molecule has 4 heterocycles. The maximum absolute atomic E-state index is 13.9. The zero-order chi connectivity index (χ0) is 19.1. The monoisotopic (exact) mass is 379 g/mol. The highest BCUT2D eigenvalue weighted by atomic mass is 19.1. The molecule has 0 spiro atoms. The van der Waals surface area contributed by atoms with Gasteiger partial charge < -0.3 is 20.3 Å². The van der Waals surface area contributed by atoms with Gasteiger partial charge in [-0.3, -0.25) is 0 Å². The van der Waals surface area contributed by atoms with Gasteiger partial charge in [-0.1, -0.05) is 0 Å². The summed E-state index contributed by atoms with van der Waals surface area (Å²) < 4.78 is 13.9. The lowest BCUT2D eigenvalue weighted by Gasteiger charge is -2.30. The van der Waals surface area contributed by atoms with Crippen LogP contribution in [0.15, 0.2) is 36.5 Å². The maximum atomic E-state index is 13.9. The normalized spacial score (nSPS) is 16.6. The second-order valence-electron chi connectivity index (χ2n) is 7.40. The van der Waals surface area contributed by atoms with Crippen LogP contribution in [-0.4, -0.2) is 51.2 Å². The Morgan fingerprint density at radius 1 is 1.18 bits per heavy atom. The molecule has 2 aliphatic heterocycles. The van der Waals surface area contributed by atoms with Crippen LogP contribution >= 0.6 is 0 Å². The second kappa shape index (κ2) is 7.00. The van der Waals surface area contributed by atoms with Gasteiger partial charge in [0.15, 0.2) is 0 Å². The molecule has 6 nitrogen and oxygen atoms in total. The number of piperidine rings is 1. The molecule has 0 radical (unpaired) electrons. The molecule has 2 aromatic heterocycles. The van der Waals surface area contributed by atoms with Crippen LogP contribution in [0.4, 0.5) is 15.9 Å². The van der Waals surface area contributed by atoms with Crippen molar-refractivity contribution in [3.8, 4) is 22.5 Å². The third-order valence-electron chi connectivity index (χ3n) is 5.68. The zero-order valence-electron chi connectivity index (χ0n) is 15.5. The highest BCUT2D eigenvalue weighted by Crippen LogP contribution is 2.43. The van der Waals surface area contributed by atoms with E-state index in [1.165, 1.54) is 12.1 Å². The molecule has 0 amide bonds. The number of nitrogens with one attached hydrogen (secondary N) is 2. The van der Waals surface area contributed by atoms with E-state index in [-0.39, 0.29) is 12.4 Å². The number of anilines is 2. The van der Waals surface area contributed by atoms with Gasteiger partial charge in [0.25, 0.3) is 0 Å². The lowest BCUT2D eigenvalue weighted by molar-refractivity contribution is 0.163. The van der Waals surface area contributed by atoms with Crippen LogP contribution in [-0.2, 0) is 0 Å². The van der Waals surface area contributed by atoms with Crippen LogP contribution in [0.2, 0.25) is 0 Å². The molecular formula is C21H22FN5O. The minimum Gasteiger partial charge on any atom is -0.395 e. The Bertz CT molecular complexity index is 1010. The summed E-state index contributed by atoms with van der Waals surface area (Å²) in [6, 6.07) is 8.64. The minimum absolute atomic E-state index is 0.198. The maximum Gasteiger partial charge on any atom is 0.139 e. The topological polar surface area (TPSA) is 77.1 Å². The number of nitrogens with zero attached hydrogens (tertiary/aromatic N) is 3. The fourth-order valence-corrected chi connectivity index (χ4v) is 4.21. The third-order valence-corrected chi connectivity index (χ3v) is 5.68. The fraction of sp³-hybridized carbons (Fsp3) is 0.333. The summed E-state index contributed by atoms with van der Waals surface area (Å²) in [5.74, 6) is 1.71. The number of rotatable bonds is 3. The van der Waals surface area contributed by atoms with Crippen LogP contribution in [0.1, 0.15) is 24.6 Å². The van der Waals surface area contributed by atoms with Gasteiger partial charge in [0.2, 0.25) is 0 Å². The van der Waals surface area contributed by atoms with Crippen molar-refractivity contribution in [1.29, 1.82) is 0 Å². The number of aromatic amines is 1. The van der Waals surface area contributed by atoms with Crippen LogP contribution in [0.25, 0.3) is 22.5 Å². The highest BCUT2D eigenvalue weighted by Gasteiger charge is 2.28. The smallest absolute Gasteiger partial charge is 0.139 e. The van der Waals surface area contributed by atoms with Gasteiger partial charge in [-0.25, -0.2) is 14.4 Å². The van der Waals surface area contributed by atoms with E-state index >= 15 is 0 Å². The molecule has 0 aliphatic carbocycles. The Morgan fingerprint density at radius 2 is 2.04 bits per heavy atom. The third kappa shape index (κ3) is 2.96. The summed E-state index contributed by atoms with van der Waals surface area (Å²) >= 11 is 0. The Morgan fingerprint density at radius 3 is 2.86 bits per heavy atom. The van der Waals surface area contributed by atoms with Gasteiger partial charge in [-0.15, -0.1) is 0 Å². The van der Waals surface area contributed by atoms with E-state index in [2.05, 4.69) is 20.2 Å². The van der Waals surface area contributed by atoms with E-state index in [1.54, 1.807) is 12.3 Å². The standard InChI is InChI=1S/C21H22FN5O/c22-14-3-4-15-17(12-14)24-21-16(2-1-7-23-21)19-18(15)25-20(26-19)13-5-8-27(9-6-13)10-11-28/h1-4,7,12-13,28H,5-6,8-11H2,(H,23,24)(H,25,26). The number of fused-ring (bicyclic) bond motifs is 5. The molecule has 0 bridgehead atoms. The van der Waals surface area contributed by atoms with Crippen molar-refractivity contribution in [2.75, 3.05) is 31.6 Å². The van der Waals surface area contributed by atoms with Crippen LogP contribution in [0, 0.1) is 5.82 Å². The van der Waals surface area contributed by atoms with E-state index in [9.17, 15) is 4.39 Å². The molecule has 28 heavy (non-hydrogen) atoms. The summed E-state index contributed by atoms with van der Waals surface area (Å²) in [7, 11) is 0. The highest BCUT2D eigenvalue weighted by molar-refractivity contribution is 5.94. The Balaban J connectivity index is 1.57. The van der Waals surface area contributed by atoms with Gasteiger partial charge in [0.05, 0.1) is 18.0 Å². The number of aliphatic hydroxyl groups is 1. The van der Waals surface area contributed by atoms with Gasteiger partial charge in [0.1, 0.15) is 23.2 Å². The average molecular weight is 379 g/mol. The number of pyridine rings is 1. The summed E-state index contributed by atoms with van der Waals surface area (Å²) in [5.41, 5.74) is 4.25. The lowest BCUT2D eigenvalue weighted by Crippen LogP contribution is -2.35. The van der Waals surface area contributed by atoms with Crippen molar-refractivity contribution in [2.45, 2.75) is 18.8 Å². The number of H-pyrrole nitrogens is 1. The number of imidazole rings is 1. The minimum atomic E-state index is -0.289. The molecule has 1 fully saturated rings. The first-order valence-electron chi connectivity index (χ1n) is 9.68. The number of aromatic nitrogens is 3. The van der Waals surface area contributed by atoms with Crippen LogP contribution in [0.3, 0.4) is 0 Å². The quantitative estimate of drug-likeness (QED) is 0.508. The van der Waals surface area contributed by atoms with Crippen LogP contribution in [0.5, 0.6) is 0 Å². The first-order valence-corrected chi connectivity index (χ1v) is 9.68. The number of likely N-dealkylation sites (tertiary alicyclic amines) is 1. The van der Waals surface area contributed by atoms with Crippen molar-refractivity contribution in [2.24, 2.45) is 0 Å². The molecule has 1 saturated heterocycles. The summed E-state index contributed by atoms with van der Waals surface area (Å²) in [6.45, 7) is 2.84. The zero-order valence-corrected chi connectivity index (χ0v) is 15.5. The number of hydrogen-bond acceptors (Lipinski definition) is 5. The van der Waals surface area contributed by atoms with E-state index in [1.807, 2.05) is 12.1 Å². The number of aliphatic hydroxyl groups excluding tert-OH is 1. The number of benzene rings is 1. The van der Waals surface area contributed by atoms with Crippen molar-refractivity contribution in [3.05, 3.63) is 48.2 Å². The molecule has 144 valence electrons. The van der Waals surface area contributed by atoms with Gasteiger partial charge in [-0.05, 0) is 56.3 Å². The molecule has 0 unspecified atom stereocenters. The molecule has 3 aromatic rings. The summed E-state index contributed by atoms with van der Waals surface area (Å²) in [4.78, 5) is 15.2. The molecule has 0 atom stereocenters. The number of hydrogen-bond donors (Lipinski definition) is 3. The van der Waals surface area contributed by atoms with Gasteiger partial charge in [-0.2, -0.15) is 0 Å². The van der Waals surface area contributed by atoms with Crippen molar-refractivity contribution in [1.82, 2.24) is 19.9 Å². The summed E-state index contributed by atoms with van der Waals surface area (Å²) in [5, 5.41) is 12.4. The summed E-state index contributed by atoms with van der Waals surface area (Å²) in [6.07, 6.45) is 3.72. The van der Waals surface area contributed by atoms with Crippen molar-refractivity contribution >= 4 is 11.5 Å².